The molecular formula is C12H21N5O. The molecule has 0 saturated carbocycles. The molecule has 1 fully saturated rings. The van der Waals surface area contributed by atoms with Crippen molar-refractivity contribution in [2.24, 2.45) is 0 Å². The second kappa shape index (κ2) is 5.48. The SMILES string of the molecule is CCCc1nc(C(=O)N2C(C)CNCC2C)n[nH]1. The summed E-state index contributed by atoms with van der Waals surface area (Å²) in [6.45, 7) is 7.80. The molecule has 2 N–H and O–H groups in total. The minimum atomic E-state index is -0.0740. The first-order chi connectivity index (χ1) is 8.63. The van der Waals surface area contributed by atoms with E-state index in [1.165, 1.54) is 0 Å². The van der Waals surface area contributed by atoms with Gasteiger partial charge in [-0.3, -0.25) is 9.89 Å². The van der Waals surface area contributed by atoms with Crippen LogP contribution in [0, 0.1) is 0 Å². The molecule has 1 aliphatic rings. The van der Waals surface area contributed by atoms with Crippen molar-refractivity contribution in [3.63, 3.8) is 0 Å². The highest BCUT2D eigenvalue weighted by Gasteiger charge is 2.31. The van der Waals surface area contributed by atoms with Gasteiger partial charge in [0.1, 0.15) is 5.82 Å². The number of piperazine rings is 1. The number of carbonyl (C=O) groups excluding carboxylic acids is 1. The van der Waals surface area contributed by atoms with Gasteiger partial charge in [0, 0.05) is 31.6 Å². The summed E-state index contributed by atoms with van der Waals surface area (Å²) < 4.78 is 0. The van der Waals surface area contributed by atoms with Gasteiger partial charge in [-0.2, -0.15) is 0 Å². The maximum Gasteiger partial charge on any atom is 0.294 e. The van der Waals surface area contributed by atoms with Crippen LogP contribution in [0.15, 0.2) is 0 Å². The van der Waals surface area contributed by atoms with E-state index in [4.69, 9.17) is 0 Å². The number of aromatic nitrogens is 3. The highest BCUT2D eigenvalue weighted by molar-refractivity contribution is 5.91. The third-order valence-corrected chi connectivity index (χ3v) is 3.27. The Labute approximate surface area is 107 Å². The first kappa shape index (κ1) is 13.0. The number of rotatable bonds is 3. The summed E-state index contributed by atoms with van der Waals surface area (Å²) in [7, 11) is 0. The zero-order valence-corrected chi connectivity index (χ0v) is 11.2. The maximum atomic E-state index is 12.4. The number of aryl methyl sites for hydroxylation is 1. The van der Waals surface area contributed by atoms with Gasteiger partial charge in [-0.25, -0.2) is 4.98 Å². The van der Waals surface area contributed by atoms with E-state index in [9.17, 15) is 4.79 Å². The first-order valence-electron chi connectivity index (χ1n) is 6.58. The molecule has 2 heterocycles. The minimum Gasteiger partial charge on any atom is -0.328 e. The predicted molar refractivity (Wildman–Crippen MR) is 68.3 cm³/mol. The lowest BCUT2D eigenvalue weighted by Gasteiger charge is -2.38. The van der Waals surface area contributed by atoms with E-state index < -0.39 is 0 Å². The molecule has 6 heteroatoms. The zero-order chi connectivity index (χ0) is 13.1. The van der Waals surface area contributed by atoms with Crippen LogP contribution in [-0.4, -0.2) is 51.2 Å². The lowest BCUT2D eigenvalue weighted by Crippen LogP contribution is -2.57. The molecule has 2 unspecified atom stereocenters. The fourth-order valence-electron chi connectivity index (χ4n) is 2.39. The summed E-state index contributed by atoms with van der Waals surface area (Å²) in [6, 6.07) is 0.351. The molecule has 2 atom stereocenters. The van der Waals surface area contributed by atoms with E-state index in [0.29, 0.717) is 5.82 Å². The number of hydrogen-bond acceptors (Lipinski definition) is 4. The van der Waals surface area contributed by atoms with Crippen LogP contribution in [0.2, 0.25) is 0 Å². The minimum absolute atomic E-state index is 0.0740. The molecule has 18 heavy (non-hydrogen) atoms. The highest BCUT2D eigenvalue weighted by atomic mass is 16.2. The molecule has 1 aromatic rings. The van der Waals surface area contributed by atoms with Crippen LogP contribution in [0.25, 0.3) is 0 Å². The summed E-state index contributed by atoms with van der Waals surface area (Å²) in [6.07, 6.45) is 1.82. The second-order valence-corrected chi connectivity index (χ2v) is 4.92. The molecule has 100 valence electrons. The number of amides is 1. The van der Waals surface area contributed by atoms with Gasteiger partial charge >= 0.3 is 0 Å². The number of hydrogen-bond donors (Lipinski definition) is 2. The van der Waals surface area contributed by atoms with Crippen molar-refractivity contribution in [3.8, 4) is 0 Å². The molecule has 0 spiro atoms. The van der Waals surface area contributed by atoms with E-state index in [0.717, 1.165) is 31.8 Å². The van der Waals surface area contributed by atoms with E-state index in [1.54, 1.807) is 0 Å². The predicted octanol–water partition coefficient (Wildman–Crippen LogP) is 0.580. The van der Waals surface area contributed by atoms with Crippen molar-refractivity contribution >= 4 is 5.91 Å². The average molecular weight is 251 g/mol. The van der Waals surface area contributed by atoms with E-state index in [1.807, 2.05) is 18.7 Å². The van der Waals surface area contributed by atoms with Crippen LogP contribution in [0.1, 0.15) is 43.6 Å². The van der Waals surface area contributed by atoms with Crippen LogP contribution in [0.3, 0.4) is 0 Å². The average Bonchev–Trinajstić information content (AvgIpc) is 2.78. The standard InChI is InChI=1S/C12H21N5O/c1-4-5-10-14-11(16-15-10)12(18)17-8(2)6-13-7-9(17)3/h8-9,13H,4-7H2,1-3H3,(H,14,15,16). The zero-order valence-electron chi connectivity index (χ0n) is 11.2. The molecule has 0 aromatic carbocycles. The smallest absolute Gasteiger partial charge is 0.294 e. The molecule has 0 radical (unpaired) electrons. The van der Waals surface area contributed by atoms with Crippen molar-refractivity contribution in [2.45, 2.75) is 45.7 Å². The largest absolute Gasteiger partial charge is 0.328 e. The lowest BCUT2D eigenvalue weighted by atomic mass is 10.1. The third-order valence-electron chi connectivity index (χ3n) is 3.27. The lowest BCUT2D eigenvalue weighted by molar-refractivity contribution is 0.0532. The number of nitrogens with zero attached hydrogens (tertiary/aromatic N) is 3. The third kappa shape index (κ3) is 2.53. The number of nitrogens with one attached hydrogen (secondary N) is 2. The van der Waals surface area contributed by atoms with Gasteiger partial charge in [0.05, 0.1) is 0 Å². The molecular weight excluding hydrogens is 230 g/mol. The van der Waals surface area contributed by atoms with Crippen molar-refractivity contribution in [1.29, 1.82) is 0 Å². The summed E-state index contributed by atoms with van der Waals surface area (Å²) in [5, 5.41) is 10.2. The Morgan fingerprint density at radius 3 is 2.67 bits per heavy atom. The van der Waals surface area contributed by atoms with Crippen LogP contribution in [0.5, 0.6) is 0 Å². The van der Waals surface area contributed by atoms with Crippen molar-refractivity contribution in [3.05, 3.63) is 11.6 Å². The van der Waals surface area contributed by atoms with Gasteiger partial charge in [-0.15, -0.1) is 5.10 Å². The fraction of sp³-hybridized carbons (Fsp3) is 0.750. The van der Waals surface area contributed by atoms with Crippen molar-refractivity contribution in [1.82, 2.24) is 25.4 Å². The molecule has 1 aromatic heterocycles. The summed E-state index contributed by atoms with van der Waals surface area (Å²) in [5.41, 5.74) is 0. The number of carbonyl (C=O) groups is 1. The molecule has 0 bridgehead atoms. The van der Waals surface area contributed by atoms with Gasteiger partial charge in [0.2, 0.25) is 5.82 Å². The van der Waals surface area contributed by atoms with Crippen LogP contribution in [0.4, 0.5) is 0 Å². The number of H-pyrrole nitrogens is 1. The van der Waals surface area contributed by atoms with Crippen molar-refractivity contribution < 1.29 is 4.79 Å². The molecule has 1 saturated heterocycles. The first-order valence-corrected chi connectivity index (χ1v) is 6.58. The van der Waals surface area contributed by atoms with Gasteiger partial charge in [-0.05, 0) is 20.3 Å². The van der Waals surface area contributed by atoms with Crippen LogP contribution < -0.4 is 5.32 Å². The summed E-state index contributed by atoms with van der Waals surface area (Å²) in [4.78, 5) is 18.5. The fourth-order valence-corrected chi connectivity index (χ4v) is 2.39. The molecule has 0 aliphatic carbocycles. The van der Waals surface area contributed by atoms with Gasteiger partial charge in [0.25, 0.3) is 5.91 Å². The molecule has 2 rings (SSSR count). The Bertz CT molecular complexity index is 406. The monoisotopic (exact) mass is 251 g/mol. The Morgan fingerprint density at radius 2 is 2.06 bits per heavy atom. The summed E-state index contributed by atoms with van der Waals surface area (Å²) in [5.74, 6) is 1.01. The topological polar surface area (TPSA) is 73.9 Å². The normalized spacial score (nSPS) is 24.3. The Morgan fingerprint density at radius 1 is 1.39 bits per heavy atom. The Hall–Kier alpha value is -1.43. The van der Waals surface area contributed by atoms with Gasteiger partial charge in [0.15, 0.2) is 0 Å². The van der Waals surface area contributed by atoms with E-state index in [2.05, 4.69) is 27.4 Å². The highest BCUT2D eigenvalue weighted by Crippen LogP contribution is 2.13. The maximum absolute atomic E-state index is 12.4. The Kier molecular flexibility index (Phi) is 3.96. The number of aromatic amines is 1. The summed E-state index contributed by atoms with van der Waals surface area (Å²) >= 11 is 0. The van der Waals surface area contributed by atoms with Crippen molar-refractivity contribution in [2.75, 3.05) is 13.1 Å². The van der Waals surface area contributed by atoms with Gasteiger partial charge < -0.3 is 10.2 Å². The molecule has 1 aliphatic heterocycles. The second-order valence-electron chi connectivity index (χ2n) is 4.92. The van der Waals surface area contributed by atoms with Gasteiger partial charge in [-0.1, -0.05) is 6.92 Å². The Balaban J connectivity index is 2.13. The molecule has 6 nitrogen and oxygen atoms in total. The van der Waals surface area contributed by atoms with E-state index >= 15 is 0 Å². The van der Waals surface area contributed by atoms with Crippen LogP contribution in [-0.2, 0) is 6.42 Å². The molecule has 1 amide bonds. The van der Waals surface area contributed by atoms with Crippen LogP contribution >= 0.6 is 0 Å². The van der Waals surface area contributed by atoms with E-state index in [-0.39, 0.29) is 18.0 Å². The quantitative estimate of drug-likeness (QED) is 0.824.